The minimum Gasteiger partial charge on any atom is -0.339 e. The molecule has 0 aromatic heterocycles. The third kappa shape index (κ3) is 3.84. The molecule has 1 rings (SSSR count). The molecule has 1 amide bonds. The molecule has 0 spiro atoms. The Hall–Kier alpha value is -0.850. The first-order valence-electron chi connectivity index (χ1n) is 5.95. The van der Waals surface area contributed by atoms with Crippen LogP contribution in [0.3, 0.4) is 0 Å². The van der Waals surface area contributed by atoms with E-state index in [9.17, 15) is 17.6 Å². The zero-order chi connectivity index (χ0) is 15.5. The minimum atomic E-state index is -4.14. The smallest absolute Gasteiger partial charge is 0.261 e. The molecule has 0 aliphatic carbocycles. The maximum atomic E-state index is 13.7. The molecule has 0 aliphatic rings. The molecule has 0 saturated carbocycles. The van der Waals surface area contributed by atoms with Gasteiger partial charge in [0.05, 0.1) is 15.5 Å². The van der Waals surface area contributed by atoms with E-state index < -0.39 is 30.7 Å². The molecule has 0 heterocycles. The lowest BCUT2D eigenvalue weighted by atomic mass is 10.2. The Morgan fingerprint density at radius 3 is 2.40 bits per heavy atom. The molecule has 0 unspecified atom stereocenters. The Kier molecular flexibility index (Phi) is 5.79. The summed E-state index contributed by atoms with van der Waals surface area (Å²) in [7, 11) is 1.03. The second kappa shape index (κ2) is 6.74. The number of nitrogens with zero attached hydrogens (tertiary/aromatic N) is 1. The van der Waals surface area contributed by atoms with Gasteiger partial charge in [0.15, 0.2) is 0 Å². The van der Waals surface area contributed by atoms with E-state index in [1.807, 2.05) is 6.92 Å². The highest BCUT2D eigenvalue weighted by Crippen LogP contribution is 2.27. The first-order chi connectivity index (χ1) is 9.22. The number of carbonyl (C=O) groups is 1. The average Bonchev–Trinajstić information content (AvgIpc) is 2.37. The molecule has 8 heteroatoms. The number of rotatable bonds is 5. The average molecular weight is 342 g/mol. The normalized spacial score (nSPS) is 11.4. The maximum absolute atomic E-state index is 13.7. The van der Waals surface area contributed by atoms with Gasteiger partial charge in [-0.3, -0.25) is 4.79 Å². The van der Waals surface area contributed by atoms with Crippen molar-refractivity contribution in [2.24, 2.45) is 0 Å². The quantitative estimate of drug-likeness (QED) is 0.772. The van der Waals surface area contributed by atoms with Crippen molar-refractivity contribution < 1.29 is 17.6 Å². The highest BCUT2D eigenvalue weighted by atomic mass is 35.7. The zero-order valence-electron chi connectivity index (χ0n) is 11.0. The topological polar surface area (TPSA) is 54.5 Å². The van der Waals surface area contributed by atoms with E-state index in [0.717, 1.165) is 6.07 Å². The Labute approximate surface area is 126 Å². The second-order valence-electron chi connectivity index (χ2n) is 4.09. The molecule has 4 nitrogen and oxygen atoms in total. The monoisotopic (exact) mass is 341 g/mol. The summed E-state index contributed by atoms with van der Waals surface area (Å²) < 4.78 is 36.2. The fourth-order valence-electron chi connectivity index (χ4n) is 1.70. The fourth-order valence-corrected chi connectivity index (χ4v) is 2.66. The van der Waals surface area contributed by atoms with Crippen molar-refractivity contribution in [1.29, 1.82) is 0 Å². The van der Waals surface area contributed by atoms with Gasteiger partial charge in [-0.15, -0.1) is 0 Å². The molecule has 0 radical (unpaired) electrons. The van der Waals surface area contributed by atoms with Crippen molar-refractivity contribution in [3.8, 4) is 0 Å². The third-order valence-electron chi connectivity index (χ3n) is 2.68. The van der Waals surface area contributed by atoms with Crippen LogP contribution in [0.5, 0.6) is 0 Å². The van der Waals surface area contributed by atoms with Crippen LogP contribution in [0.1, 0.15) is 30.6 Å². The molecule has 0 atom stereocenters. The lowest BCUT2D eigenvalue weighted by Gasteiger charge is -2.21. The van der Waals surface area contributed by atoms with Crippen molar-refractivity contribution in [2.45, 2.75) is 25.2 Å². The summed E-state index contributed by atoms with van der Waals surface area (Å²) in [6.07, 6.45) is 0.715. The molecule has 112 valence electrons. The summed E-state index contributed by atoms with van der Waals surface area (Å²) in [6.45, 7) is 4.52. The first-order valence-corrected chi connectivity index (χ1v) is 8.64. The van der Waals surface area contributed by atoms with Gasteiger partial charge in [0.1, 0.15) is 5.82 Å². The van der Waals surface area contributed by atoms with Crippen LogP contribution in [0, 0.1) is 5.82 Å². The Bertz CT molecular complexity index is 619. The van der Waals surface area contributed by atoms with Gasteiger partial charge >= 0.3 is 0 Å². The lowest BCUT2D eigenvalue weighted by molar-refractivity contribution is 0.0764. The molecule has 1 aromatic rings. The van der Waals surface area contributed by atoms with E-state index in [1.54, 1.807) is 6.92 Å². The van der Waals surface area contributed by atoms with Crippen LogP contribution in [0.25, 0.3) is 0 Å². The standard InChI is InChI=1S/C12H14Cl2FNO3S/c1-3-5-16(4-2)12(17)9-6-8(20(14,18)19)7-10(15)11(9)13/h6-7H,3-5H2,1-2H3. The van der Waals surface area contributed by atoms with Gasteiger partial charge in [0.2, 0.25) is 0 Å². The summed E-state index contributed by atoms with van der Waals surface area (Å²) in [5, 5.41) is -0.409. The van der Waals surface area contributed by atoms with Crippen LogP contribution in [0.2, 0.25) is 5.02 Å². The highest BCUT2D eigenvalue weighted by Gasteiger charge is 2.23. The zero-order valence-corrected chi connectivity index (χ0v) is 13.3. The van der Waals surface area contributed by atoms with Crippen molar-refractivity contribution in [3.05, 3.63) is 28.5 Å². The molecule has 0 fully saturated rings. The van der Waals surface area contributed by atoms with Crippen molar-refractivity contribution in [3.63, 3.8) is 0 Å². The number of hydrogen-bond donors (Lipinski definition) is 0. The Balaban J connectivity index is 3.37. The van der Waals surface area contributed by atoms with E-state index in [1.165, 1.54) is 4.90 Å². The van der Waals surface area contributed by atoms with Crippen LogP contribution in [-0.4, -0.2) is 32.3 Å². The van der Waals surface area contributed by atoms with Crippen LogP contribution in [-0.2, 0) is 9.05 Å². The Morgan fingerprint density at radius 2 is 1.95 bits per heavy atom. The van der Waals surface area contributed by atoms with Crippen molar-refractivity contribution in [1.82, 2.24) is 4.90 Å². The van der Waals surface area contributed by atoms with Gasteiger partial charge in [0.25, 0.3) is 15.0 Å². The van der Waals surface area contributed by atoms with E-state index in [0.29, 0.717) is 25.6 Å². The maximum Gasteiger partial charge on any atom is 0.261 e. The van der Waals surface area contributed by atoms with Gasteiger partial charge in [-0.2, -0.15) is 0 Å². The van der Waals surface area contributed by atoms with Crippen LogP contribution < -0.4 is 0 Å². The van der Waals surface area contributed by atoms with Gasteiger partial charge < -0.3 is 4.90 Å². The summed E-state index contributed by atoms with van der Waals surface area (Å²) in [4.78, 5) is 13.2. The van der Waals surface area contributed by atoms with Crippen LogP contribution in [0.4, 0.5) is 4.39 Å². The van der Waals surface area contributed by atoms with Gasteiger partial charge in [-0.05, 0) is 25.5 Å². The van der Waals surface area contributed by atoms with E-state index >= 15 is 0 Å². The number of amides is 1. The van der Waals surface area contributed by atoms with Gasteiger partial charge in [-0.1, -0.05) is 18.5 Å². The predicted molar refractivity (Wildman–Crippen MR) is 76.3 cm³/mol. The first kappa shape index (κ1) is 17.2. The third-order valence-corrected chi connectivity index (χ3v) is 4.39. The van der Waals surface area contributed by atoms with E-state index in [2.05, 4.69) is 0 Å². The number of carbonyl (C=O) groups excluding carboxylic acids is 1. The fraction of sp³-hybridized carbons (Fsp3) is 0.417. The Morgan fingerprint density at radius 1 is 1.35 bits per heavy atom. The van der Waals surface area contributed by atoms with Crippen molar-refractivity contribution in [2.75, 3.05) is 13.1 Å². The molecule has 20 heavy (non-hydrogen) atoms. The minimum absolute atomic E-state index is 0.207. The predicted octanol–water partition coefficient (Wildman–Crippen LogP) is 3.28. The number of benzene rings is 1. The molecule has 1 aromatic carbocycles. The molecule has 0 aliphatic heterocycles. The summed E-state index contributed by atoms with van der Waals surface area (Å²) in [6, 6.07) is 1.69. The largest absolute Gasteiger partial charge is 0.339 e. The highest BCUT2D eigenvalue weighted by molar-refractivity contribution is 8.13. The van der Waals surface area contributed by atoms with E-state index in [-0.39, 0.29) is 5.56 Å². The molecule has 0 N–H and O–H groups in total. The lowest BCUT2D eigenvalue weighted by Crippen LogP contribution is -2.32. The van der Waals surface area contributed by atoms with E-state index in [4.69, 9.17) is 22.3 Å². The number of halogens is 3. The molecular formula is C12H14Cl2FNO3S. The van der Waals surface area contributed by atoms with Crippen LogP contribution >= 0.6 is 22.3 Å². The molecule has 0 bridgehead atoms. The summed E-state index contributed by atoms with van der Waals surface area (Å²) >= 11 is 5.75. The van der Waals surface area contributed by atoms with Gasteiger partial charge in [-0.25, -0.2) is 12.8 Å². The molecular weight excluding hydrogens is 328 g/mol. The second-order valence-corrected chi connectivity index (χ2v) is 7.03. The summed E-state index contributed by atoms with van der Waals surface area (Å²) in [5.41, 5.74) is -0.207. The summed E-state index contributed by atoms with van der Waals surface area (Å²) in [5.74, 6) is -1.52. The molecule has 0 saturated heterocycles. The van der Waals surface area contributed by atoms with Crippen LogP contribution in [0.15, 0.2) is 17.0 Å². The SMILES string of the molecule is CCCN(CC)C(=O)c1cc(S(=O)(=O)Cl)cc(F)c1Cl. The van der Waals surface area contributed by atoms with Crippen molar-refractivity contribution >= 4 is 37.2 Å². The van der Waals surface area contributed by atoms with Gasteiger partial charge in [0, 0.05) is 23.8 Å². The number of hydrogen-bond acceptors (Lipinski definition) is 3.